The fraction of sp³-hybridized carbons (Fsp3) is 0.556. The van der Waals surface area contributed by atoms with Gasteiger partial charge in [0.1, 0.15) is 0 Å². The number of amides is 2. The second-order valence-electron chi connectivity index (χ2n) is 7.52. The zero-order valence-electron chi connectivity index (χ0n) is 14.5. The highest BCUT2D eigenvalue weighted by molar-refractivity contribution is 7.18. The number of hydrogen-bond donors (Lipinski definition) is 2. The molecule has 1 unspecified atom stereocenters. The summed E-state index contributed by atoms with van der Waals surface area (Å²) in [6, 6.07) is 5.77. The molecule has 2 aromatic rings. The van der Waals surface area contributed by atoms with Crippen molar-refractivity contribution in [3.8, 4) is 0 Å². The summed E-state index contributed by atoms with van der Waals surface area (Å²) in [6.45, 7) is 7.98. The minimum Gasteiger partial charge on any atom is -0.396 e. The number of hydrogen-bond acceptors (Lipinski definition) is 4. The van der Waals surface area contributed by atoms with Gasteiger partial charge in [0, 0.05) is 30.8 Å². The van der Waals surface area contributed by atoms with E-state index in [4.69, 9.17) is 0 Å². The van der Waals surface area contributed by atoms with Gasteiger partial charge in [0.25, 0.3) is 0 Å². The molecular formula is C18H25N3O2S. The van der Waals surface area contributed by atoms with Gasteiger partial charge in [0.15, 0.2) is 0 Å². The van der Waals surface area contributed by atoms with E-state index in [9.17, 15) is 9.90 Å². The predicted octanol–water partition coefficient (Wildman–Crippen LogP) is 3.83. The second kappa shape index (κ2) is 6.69. The summed E-state index contributed by atoms with van der Waals surface area (Å²) in [4.78, 5) is 18.9. The maximum Gasteiger partial charge on any atom is 0.321 e. The number of benzene rings is 1. The molecule has 1 aromatic heterocycles. The molecule has 0 spiro atoms. The van der Waals surface area contributed by atoms with Gasteiger partial charge in [-0.25, -0.2) is 9.78 Å². The highest BCUT2D eigenvalue weighted by Crippen LogP contribution is 2.32. The molecule has 0 saturated carbocycles. The maximum absolute atomic E-state index is 12.5. The molecule has 130 valence electrons. The quantitative estimate of drug-likeness (QED) is 0.868. The molecule has 1 aliphatic heterocycles. The average molecular weight is 347 g/mol. The van der Waals surface area contributed by atoms with Crippen molar-refractivity contribution in [2.24, 2.45) is 5.92 Å². The Morgan fingerprint density at radius 2 is 2.25 bits per heavy atom. The number of urea groups is 1. The van der Waals surface area contributed by atoms with E-state index in [1.54, 1.807) is 16.2 Å². The van der Waals surface area contributed by atoms with Crippen LogP contribution in [0.1, 0.15) is 38.6 Å². The number of anilines is 1. The first-order chi connectivity index (χ1) is 11.4. The summed E-state index contributed by atoms with van der Waals surface area (Å²) >= 11 is 1.68. The van der Waals surface area contributed by atoms with E-state index in [0.717, 1.165) is 40.3 Å². The third-order valence-electron chi connectivity index (χ3n) is 4.35. The van der Waals surface area contributed by atoms with Gasteiger partial charge in [-0.3, -0.25) is 0 Å². The van der Waals surface area contributed by atoms with Crippen LogP contribution in [-0.2, 0) is 5.41 Å². The van der Waals surface area contributed by atoms with Gasteiger partial charge >= 0.3 is 6.03 Å². The predicted molar refractivity (Wildman–Crippen MR) is 98.7 cm³/mol. The Bertz CT molecular complexity index is 735. The van der Waals surface area contributed by atoms with Crippen LogP contribution in [0.4, 0.5) is 10.5 Å². The number of rotatable bonds is 2. The van der Waals surface area contributed by atoms with Gasteiger partial charge in [0.2, 0.25) is 0 Å². The monoisotopic (exact) mass is 347 g/mol. The van der Waals surface area contributed by atoms with Crippen LogP contribution in [0.25, 0.3) is 10.2 Å². The number of aliphatic hydroxyl groups excluding tert-OH is 1. The number of carbonyl (C=O) groups is 1. The number of likely N-dealkylation sites (tertiary alicyclic amines) is 1. The van der Waals surface area contributed by atoms with Gasteiger partial charge < -0.3 is 15.3 Å². The van der Waals surface area contributed by atoms with E-state index in [1.165, 1.54) is 0 Å². The zero-order valence-corrected chi connectivity index (χ0v) is 15.3. The topological polar surface area (TPSA) is 65.5 Å². The Labute approximate surface area is 146 Å². The number of nitrogens with zero attached hydrogens (tertiary/aromatic N) is 2. The van der Waals surface area contributed by atoms with Crippen molar-refractivity contribution < 1.29 is 9.90 Å². The van der Waals surface area contributed by atoms with Gasteiger partial charge in [-0.2, -0.15) is 0 Å². The summed E-state index contributed by atoms with van der Waals surface area (Å²) < 4.78 is 1.09. The number of aromatic nitrogens is 1. The van der Waals surface area contributed by atoms with E-state index in [1.807, 2.05) is 18.2 Å². The lowest BCUT2D eigenvalue weighted by atomic mass is 9.98. The summed E-state index contributed by atoms with van der Waals surface area (Å²) in [5.41, 5.74) is 1.80. The van der Waals surface area contributed by atoms with Gasteiger partial charge in [-0.15, -0.1) is 11.3 Å². The highest BCUT2D eigenvalue weighted by atomic mass is 32.1. The van der Waals surface area contributed by atoms with Crippen molar-refractivity contribution in [2.45, 2.75) is 39.0 Å². The molecule has 0 radical (unpaired) electrons. The summed E-state index contributed by atoms with van der Waals surface area (Å²) in [5, 5.41) is 13.4. The average Bonchev–Trinajstić information content (AvgIpc) is 2.98. The van der Waals surface area contributed by atoms with Crippen molar-refractivity contribution >= 4 is 33.3 Å². The molecular weight excluding hydrogens is 322 g/mol. The molecule has 1 aromatic carbocycles. The number of fused-ring (bicyclic) bond motifs is 1. The fourth-order valence-corrected chi connectivity index (χ4v) is 3.99. The normalized spacial score (nSPS) is 18.8. The van der Waals surface area contributed by atoms with Crippen molar-refractivity contribution in [1.29, 1.82) is 0 Å². The van der Waals surface area contributed by atoms with E-state index < -0.39 is 0 Å². The van der Waals surface area contributed by atoms with Crippen LogP contribution in [0.2, 0.25) is 0 Å². The first-order valence-electron chi connectivity index (χ1n) is 8.44. The summed E-state index contributed by atoms with van der Waals surface area (Å²) in [7, 11) is 0. The Hall–Kier alpha value is -1.66. The molecule has 24 heavy (non-hydrogen) atoms. The Morgan fingerprint density at radius 1 is 1.46 bits per heavy atom. The van der Waals surface area contributed by atoms with Gasteiger partial charge in [-0.05, 0) is 37.0 Å². The molecule has 1 saturated heterocycles. The van der Waals surface area contributed by atoms with Crippen molar-refractivity contribution in [2.75, 3.05) is 25.0 Å². The Morgan fingerprint density at radius 3 is 2.96 bits per heavy atom. The lowest BCUT2D eigenvalue weighted by Crippen LogP contribution is -2.43. The van der Waals surface area contributed by atoms with Crippen LogP contribution in [0.5, 0.6) is 0 Å². The van der Waals surface area contributed by atoms with Gasteiger partial charge in [-0.1, -0.05) is 20.8 Å². The van der Waals surface area contributed by atoms with Crippen molar-refractivity contribution in [3.05, 3.63) is 23.2 Å². The van der Waals surface area contributed by atoms with E-state index >= 15 is 0 Å². The van der Waals surface area contributed by atoms with Crippen LogP contribution in [0, 0.1) is 5.92 Å². The molecule has 2 amide bonds. The molecule has 1 atom stereocenters. The van der Waals surface area contributed by atoms with E-state index in [-0.39, 0.29) is 24.0 Å². The first kappa shape index (κ1) is 17.2. The molecule has 1 fully saturated rings. The van der Waals surface area contributed by atoms with E-state index in [2.05, 4.69) is 31.1 Å². The summed E-state index contributed by atoms with van der Waals surface area (Å²) in [5.74, 6) is 0.197. The number of nitrogens with one attached hydrogen (secondary N) is 1. The SMILES string of the molecule is CC(C)(C)c1nc2ccc(NC(=O)N3CCCC(CO)C3)cc2s1. The molecule has 0 bridgehead atoms. The maximum atomic E-state index is 12.5. The minimum absolute atomic E-state index is 0.0280. The number of piperidine rings is 1. The molecule has 2 N–H and O–H groups in total. The molecule has 1 aliphatic rings. The summed E-state index contributed by atoms with van der Waals surface area (Å²) in [6.07, 6.45) is 1.93. The van der Waals surface area contributed by atoms with Crippen LogP contribution >= 0.6 is 11.3 Å². The molecule has 2 heterocycles. The molecule has 3 rings (SSSR count). The van der Waals surface area contributed by atoms with Crippen LogP contribution in [-0.4, -0.2) is 40.7 Å². The van der Waals surface area contributed by atoms with Crippen LogP contribution in [0.15, 0.2) is 18.2 Å². The Kier molecular flexibility index (Phi) is 4.78. The highest BCUT2D eigenvalue weighted by Gasteiger charge is 2.23. The van der Waals surface area contributed by atoms with E-state index in [0.29, 0.717) is 6.54 Å². The largest absolute Gasteiger partial charge is 0.396 e. The molecule has 0 aliphatic carbocycles. The number of carbonyl (C=O) groups excluding carboxylic acids is 1. The van der Waals surface area contributed by atoms with Crippen molar-refractivity contribution in [1.82, 2.24) is 9.88 Å². The minimum atomic E-state index is -0.0898. The lowest BCUT2D eigenvalue weighted by Gasteiger charge is -2.31. The molecule has 6 heteroatoms. The lowest BCUT2D eigenvalue weighted by molar-refractivity contribution is 0.136. The van der Waals surface area contributed by atoms with Crippen LogP contribution < -0.4 is 5.32 Å². The first-order valence-corrected chi connectivity index (χ1v) is 9.26. The standard InChI is InChI=1S/C18H25N3O2S/c1-18(2,3)16-20-14-7-6-13(9-15(14)24-16)19-17(23)21-8-4-5-12(10-21)11-22/h6-7,9,12,22H,4-5,8,10-11H2,1-3H3,(H,19,23). The smallest absolute Gasteiger partial charge is 0.321 e. The van der Waals surface area contributed by atoms with Crippen molar-refractivity contribution in [3.63, 3.8) is 0 Å². The second-order valence-corrected chi connectivity index (χ2v) is 8.55. The van der Waals surface area contributed by atoms with Gasteiger partial charge in [0.05, 0.1) is 15.2 Å². The zero-order chi connectivity index (χ0) is 17.3. The number of aliphatic hydroxyl groups is 1. The van der Waals surface area contributed by atoms with Crippen LogP contribution in [0.3, 0.4) is 0 Å². The Balaban J connectivity index is 1.74. The fourth-order valence-electron chi connectivity index (χ4n) is 2.92. The molecule has 5 nitrogen and oxygen atoms in total. The third-order valence-corrected chi connectivity index (χ3v) is 5.79. The number of thiazole rings is 1. The third kappa shape index (κ3) is 3.70.